The Morgan fingerprint density at radius 3 is 2.46 bits per heavy atom. The van der Waals surface area contributed by atoms with Crippen LogP contribution in [0.3, 0.4) is 0 Å². The van der Waals surface area contributed by atoms with Crippen LogP contribution in [-0.4, -0.2) is 10.7 Å². The van der Waals surface area contributed by atoms with Gasteiger partial charge in [-0.1, -0.05) is 40.0 Å². The molecule has 0 aromatic rings. The molecule has 0 radical (unpaired) electrons. The van der Waals surface area contributed by atoms with Crippen LogP contribution in [0.15, 0.2) is 0 Å². The van der Waals surface area contributed by atoms with E-state index in [0.29, 0.717) is 5.41 Å². The first-order chi connectivity index (χ1) is 5.97. The third-order valence-corrected chi connectivity index (χ3v) is 3.30. The molecule has 0 bridgehead atoms. The highest BCUT2D eigenvalue weighted by Gasteiger charge is 2.37. The van der Waals surface area contributed by atoms with E-state index in [4.69, 9.17) is 0 Å². The van der Waals surface area contributed by atoms with E-state index in [1.807, 2.05) is 0 Å². The molecule has 0 amide bonds. The van der Waals surface area contributed by atoms with Crippen LogP contribution < -0.4 is 0 Å². The van der Waals surface area contributed by atoms with E-state index in [2.05, 4.69) is 20.8 Å². The molecule has 1 aliphatic rings. The van der Waals surface area contributed by atoms with Gasteiger partial charge in [-0.05, 0) is 31.1 Å². The topological polar surface area (TPSA) is 20.2 Å². The van der Waals surface area contributed by atoms with Crippen LogP contribution >= 0.6 is 0 Å². The number of hydrogen-bond donors (Lipinski definition) is 1. The minimum atomic E-state index is -0.336. The smallest absolute Gasteiger partial charge is 0.0653 e. The highest BCUT2D eigenvalue weighted by atomic mass is 16.3. The number of hydrogen-bond acceptors (Lipinski definition) is 1. The number of rotatable bonds is 3. The maximum absolute atomic E-state index is 10.3. The fraction of sp³-hybridized carbons (Fsp3) is 1.00. The predicted octanol–water partition coefficient (Wildman–Crippen LogP) is 3.51. The van der Waals surface area contributed by atoms with Gasteiger partial charge in [0.25, 0.3) is 0 Å². The molecule has 1 fully saturated rings. The summed E-state index contributed by atoms with van der Waals surface area (Å²) in [6, 6.07) is 0. The van der Waals surface area contributed by atoms with Crippen molar-refractivity contribution in [3.05, 3.63) is 0 Å². The second-order valence-corrected chi connectivity index (χ2v) is 5.52. The highest BCUT2D eigenvalue weighted by Crippen LogP contribution is 2.42. The number of aliphatic hydroxyl groups is 1. The first-order valence-electron chi connectivity index (χ1n) is 5.70. The summed E-state index contributed by atoms with van der Waals surface area (Å²) in [6.07, 6.45) is 7.88. The Morgan fingerprint density at radius 1 is 1.23 bits per heavy atom. The molecule has 0 spiro atoms. The highest BCUT2D eigenvalue weighted by molar-refractivity contribution is 4.90. The third-order valence-electron chi connectivity index (χ3n) is 3.30. The minimum absolute atomic E-state index is 0.336. The van der Waals surface area contributed by atoms with Gasteiger partial charge in [0, 0.05) is 0 Å². The standard InChI is InChI=1S/C12H24O/c1-4-5-8-12(13)9-6-7-11(2,3)10-12/h13H,4-10H2,1-3H3. The van der Waals surface area contributed by atoms with Crippen molar-refractivity contribution in [2.75, 3.05) is 0 Å². The van der Waals surface area contributed by atoms with Crippen LogP contribution in [0.25, 0.3) is 0 Å². The molecule has 1 rings (SSSR count). The molecule has 13 heavy (non-hydrogen) atoms. The fourth-order valence-electron chi connectivity index (χ4n) is 2.68. The van der Waals surface area contributed by atoms with Gasteiger partial charge in [-0.25, -0.2) is 0 Å². The quantitative estimate of drug-likeness (QED) is 0.711. The zero-order valence-electron chi connectivity index (χ0n) is 9.40. The van der Waals surface area contributed by atoms with Crippen molar-refractivity contribution in [1.29, 1.82) is 0 Å². The normalized spacial score (nSPS) is 33.2. The summed E-state index contributed by atoms with van der Waals surface area (Å²) in [5.41, 5.74) is 0.0263. The van der Waals surface area contributed by atoms with Crippen molar-refractivity contribution in [1.82, 2.24) is 0 Å². The SMILES string of the molecule is CCCCC1(O)CCCC(C)(C)C1. The Labute approximate surface area is 82.5 Å². The van der Waals surface area contributed by atoms with Crippen LogP contribution in [-0.2, 0) is 0 Å². The maximum atomic E-state index is 10.3. The van der Waals surface area contributed by atoms with E-state index in [-0.39, 0.29) is 5.60 Å². The van der Waals surface area contributed by atoms with Crippen molar-refractivity contribution >= 4 is 0 Å². The lowest BCUT2D eigenvalue weighted by Gasteiger charge is -2.41. The number of unbranched alkanes of at least 4 members (excludes halogenated alkanes) is 1. The monoisotopic (exact) mass is 184 g/mol. The first-order valence-corrected chi connectivity index (χ1v) is 5.70. The van der Waals surface area contributed by atoms with Gasteiger partial charge >= 0.3 is 0 Å². The van der Waals surface area contributed by atoms with E-state index in [1.54, 1.807) is 0 Å². The zero-order valence-corrected chi connectivity index (χ0v) is 9.40. The van der Waals surface area contributed by atoms with Gasteiger partial charge in [-0.15, -0.1) is 0 Å². The van der Waals surface area contributed by atoms with Gasteiger partial charge in [-0.2, -0.15) is 0 Å². The first kappa shape index (κ1) is 11.0. The van der Waals surface area contributed by atoms with Crippen LogP contribution in [0.5, 0.6) is 0 Å². The molecule has 0 aliphatic heterocycles. The summed E-state index contributed by atoms with van der Waals surface area (Å²) in [6.45, 7) is 6.75. The van der Waals surface area contributed by atoms with Gasteiger partial charge in [-0.3, -0.25) is 0 Å². The summed E-state index contributed by atoms with van der Waals surface area (Å²) < 4.78 is 0. The molecule has 0 aromatic carbocycles. The fourth-order valence-corrected chi connectivity index (χ4v) is 2.68. The van der Waals surface area contributed by atoms with Crippen LogP contribution in [0.1, 0.15) is 65.7 Å². The van der Waals surface area contributed by atoms with Crippen molar-refractivity contribution in [2.45, 2.75) is 71.3 Å². The van der Waals surface area contributed by atoms with Crippen LogP contribution in [0.4, 0.5) is 0 Å². The van der Waals surface area contributed by atoms with Crippen LogP contribution in [0, 0.1) is 5.41 Å². The molecule has 0 aromatic heterocycles. The van der Waals surface area contributed by atoms with Gasteiger partial charge < -0.3 is 5.11 Å². The maximum Gasteiger partial charge on any atom is 0.0653 e. The van der Waals surface area contributed by atoms with Crippen LogP contribution in [0.2, 0.25) is 0 Å². The zero-order chi connectivity index (χ0) is 9.95. The molecular formula is C12H24O. The minimum Gasteiger partial charge on any atom is -0.390 e. The second-order valence-electron chi connectivity index (χ2n) is 5.52. The Hall–Kier alpha value is -0.0400. The third kappa shape index (κ3) is 3.30. The van der Waals surface area contributed by atoms with Crippen molar-refractivity contribution < 1.29 is 5.11 Å². The van der Waals surface area contributed by atoms with Crippen molar-refractivity contribution in [3.8, 4) is 0 Å². The molecule has 1 saturated carbocycles. The molecule has 0 saturated heterocycles. The summed E-state index contributed by atoms with van der Waals surface area (Å²) in [5.74, 6) is 0. The van der Waals surface area contributed by atoms with Gasteiger partial charge in [0.1, 0.15) is 0 Å². The predicted molar refractivity (Wildman–Crippen MR) is 56.7 cm³/mol. The molecule has 1 aliphatic carbocycles. The summed E-state index contributed by atoms with van der Waals surface area (Å²) >= 11 is 0. The average Bonchev–Trinajstić information content (AvgIpc) is 1.98. The molecule has 78 valence electrons. The average molecular weight is 184 g/mol. The summed E-state index contributed by atoms with van der Waals surface area (Å²) in [5, 5.41) is 10.3. The van der Waals surface area contributed by atoms with E-state index in [9.17, 15) is 5.11 Å². The lowest BCUT2D eigenvalue weighted by Crippen LogP contribution is -2.38. The lowest BCUT2D eigenvalue weighted by molar-refractivity contribution is -0.0462. The second kappa shape index (κ2) is 4.00. The Bertz CT molecular complexity index is 163. The van der Waals surface area contributed by atoms with Crippen molar-refractivity contribution in [2.24, 2.45) is 5.41 Å². The molecule has 1 atom stereocenters. The van der Waals surface area contributed by atoms with E-state index in [1.165, 1.54) is 25.7 Å². The summed E-state index contributed by atoms with van der Waals surface area (Å²) in [7, 11) is 0. The van der Waals surface area contributed by atoms with E-state index in [0.717, 1.165) is 19.3 Å². The van der Waals surface area contributed by atoms with Gasteiger partial charge in [0.15, 0.2) is 0 Å². The molecule has 1 heteroatoms. The van der Waals surface area contributed by atoms with Crippen molar-refractivity contribution in [3.63, 3.8) is 0 Å². The summed E-state index contributed by atoms with van der Waals surface area (Å²) in [4.78, 5) is 0. The lowest BCUT2D eigenvalue weighted by atomic mass is 9.68. The Morgan fingerprint density at radius 2 is 1.92 bits per heavy atom. The molecule has 1 N–H and O–H groups in total. The van der Waals surface area contributed by atoms with E-state index >= 15 is 0 Å². The van der Waals surface area contributed by atoms with Gasteiger partial charge in [0.05, 0.1) is 5.60 Å². The molecule has 1 nitrogen and oxygen atoms in total. The molecule has 0 heterocycles. The Balaban J connectivity index is 2.47. The Kier molecular flexibility index (Phi) is 3.39. The largest absolute Gasteiger partial charge is 0.390 e. The van der Waals surface area contributed by atoms with E-state index < -0.39 is 0 Å². The molecular weight excluding hydrogens is 160 g/mol. The van der Waals surface area contributed by atoms with Gasteiger partial charge in [0.2, 0.25) is 0 Å². The molecule has 1 unspecified atom stereocenters.